The Morgan fingerprint density at radius 2 is 2.20 bits per heavy atom. The monoisotopic (exact) mass is 312 g/mol. The maximum Gasteiger partial charge on any atom is 0.0964 e. The van der Waals surface area contributed by atoms with Crippen LogP contribution in [0.5, 0.6) is 0 Å². The molecule has 3 atom stereocenters. The molecule has 1 aromatic heterocycles. The topological polar surface area (TPSA) is 24.9 Å². The van der Waals surface area contributed by atoms with Gasteiger partial charge in [0.1, 0.15) is 0 Å². The average molecular weight is 313 g/mol. The first-order valence-electron chi connectivity index (χ1n) is 7.74. The Hall–Kier alpha value is -0.250. The molecule has 1 aromatic rings. The highest BCUT2D eigenvalue weighted by molar-refractivity contribution is 7.99. The van der Waals surface area contributed by atoms with E-state index in [0.717, 1.165) is 17.5 Å². The van der Waals surface area contributed by atoms with Crippen LogP contribution in [0, 0.1) is 5.92 Å². The summed E-state index contributed by atoms with van der Waals surface area (Å²) in [4.78, 5) is 4.44. The van der Waals surface area contributed by atoms with Crippen LogP contribution in [0.3, 0.4) is 0 Å². The molecule has 0 aliphatic heterocycles. The number of hydrogen-bond donors (Lipinski definition) is 1. The molecule has 0 saturated heterocycles. The summed E-state index contributed by atoms with van der Waals surface area (Å²) in [5.74, 6) is 0.875. The SMILES string of the molecule is CCCNC1CCC(CC)CC1Sc1ccc(Cl)cn1. The average Bonchev–Trinajstić information content (AvgIpc) is 2.48. The molecule has 0 bridgehead atoms. The first kappa shape index (κ1) is 16.1. The summed E-state index contributed by atoms with van der Waals surface area (Å²) in [5.41, 5.74) is 0. The van der Waals surface area contributed by atoms with Gasteiger partial charge in [0, 0.05) is 17.5 Å². The van der Waals surface area contributed by atoms with Gasteiger partial charge in [0.25, 0.3) is 0 Å². The number of thioether (sulfide) groups is 1. The molecule has 1 N–H and O–H groups in total. The van der Waals surface area contributed by atoms with E-state index in [0.29, 0.717) is 16.3 Å². The van der Waals surface area contributed by atoms with Crippen molar-refractivity contribution in [2.24, 2.45) is 5.92 Å². The lowest BCUT2D eigenvalue weighted by Gasteiger charge is -2.36. The van der Waals surface area contributed by atoms with Crippen molar-refractivity contribution < 1.29 is 0 Å². The third kappa shape index (κ3) is 4.64. The number of rotatable bonds is 6. The largest absolute Gasteiger partial charge is 0.313 e. The van der Waals surface area contributed by atoms with Gasteiger partial charge in [0.05, 0.1) is 10.0 Å². The lowest BCUT2D eigenvalue weighted by atomic mass is 9.84. The van der Waals surface area contributed by atoms with Gasteiger partial charge in [-0.15, -0.1) is 11.8 Å². The summed E-state index contributed by atoms with van der Waals surface area (Å²) in [7, 11) is 0. The molecule has 0 aromatic carbocycles. The van der Waals surface area contributed by atoms with E-state index in [1.54, 1.807) is 6.20 Å². The molecule has 2 rings (SSSR count). The van der Waals surface area contributed by atoms with Crippen LogP contribution in [0.15, 0.2) is 23.4 Å². The van der Waals surface area contributed by atoms with Crippen LogP contribution in [0.4, 0.5) is 0 Å². The van der Waals surface area contributed by atoms with Gasteiger partial charge in [0.2, 0.25) is 0 Å². The van der Waals surface area contributed by atoms with Crippen molar-refractivity contribution in [3.8, 4) is 0 Å². The van der Waals surface area contributed by atoms with Crippen molar-refractivity contribution >= 4 is 23.4 Å². The summed E-state index contributed by atoms with van der Waals surface area (Å²) in [5, 5.41) is 6.17. The highest BCUT2D eigenvalue weighted by Crippen LogP contribution is 2.37. The van der Waals surface area contributed by atoms with Crippen molar-refractivity contribution in [1.82, 2.24) is 10.3 Å². The molecule has 112 valence electrons. The zero-order valence-electron chi connectivity index (χ0n) is 12.4. The predicted molar refractivity (Wildman–Crippen MR) is 88.6 cm³/mol. The van der Waals surface area contributed by atoms with Gasteiger partial charge in [-0.05, 0) is 50.3 Å². The third-order valence-corrected chi connectivity index (χ3v) is 5.64. The fourth-order valence-corrected chi connectivity index (χ4v) is 4.31. The maximum atomic E-state index is 5.91. The molecule has 0 amide bonds. The minimum atomic E-state index is 0.625. The van der Waals surface area contributed by atoms with Crippen LogP contribution in [-0.4, -0.2) is 22.8 Å². The Labute approximate surface area is 132 Å². The van der Waals surface area contributed by atoms with Crippen LogP contribution in [-0.2, 0) is 0 Å². The molecule has 1 fully saturated rings. The van der Waals surface area contributed by atoms with E-state index in [1.807, 2.05) is 23.9 Å². The van der Waals surface area contributed by atoms with E-state index in [-0.39, 0.29) is 0 Å². The first-order valence-corrected chi connectivity index (χ1v) is 9.00. The van der Waals surface area contributed by atoms with Crippen LogP contribution < -0.4 is 5.32 Å². The van der Waals surface area contributed by atoms with Gasteiger partial charge in [0.15, 0.2) is 0 Å². The lowest BCUT2D eigenvalue weighted by Crippen LogP contribution is -2.42. The molecule has 0 radical (unpaired) electrons. The van der Waals surface area contributed by atoms with E-state index >= 15 is 0 Å². The molecule has 4 heteroatoms. The summed E-state index contributed by atoms with van der Waals surface area (Å²) in [6.45, 7) is 5.66. The van der Waals surface area contributed by atoms with Crippen molar-refractivity contribution in [2.45, 2.75) is 62.3 Å². The molecule has 1 saturated carbocycles. The number of pyridine rings is 1. The molecule has 1 aliphatic rings. The molecular formula is C16H25ClN2S. The minimum Gasteiger partial charge on any atom is -0.313 e. The van der Waals surface area contributed by atoms with Gasteiger partial charge in [-0.25, -0.2) is 4.98 Å². The zero-order chi connectivity index (χ0) is 14.4. The second kappa shape index (κ2) is 8.26. The van der Waals surface area contributed by atoms with Crippen LogP contribution in [0.2, 0.25) is 5.02 Å². The number of aromatic nitrogens is 1. The van der Waals surface area contributed by atoms with Crippen LogP contribution in [0.25, 0.3) is 0 Å². The predicted octanol–water partition coefficient (Wildman–Crippen LogP) is 4.77. The van der Waals surface area contributed by atoms with E-state index in [4.69, 9.17) is 11.6 Å². The molecule has 20 heavy (non-hydrogen) atoms. The van der Waals surface area contributed by atoms with E-state index in [2.05, 4.69) is 24.1 Å². The van der Waals surface area contributed by atoms with Crippen molar-refractivity contribution in [3.05, 3.63) is 23.4 Å². The minimum absolute atomic E-state index is 0.625. The Morgan fingerprint density at radius 1 is 1.35 bits per heavy atom. The van der Waals surface area contributed by atoms with Crippen LogP contribution in [0.1, 0.15) is 46.0 Å². The Balaban J connectivity index is 2.00. The van der Waals surface area contributed by atoms with Crippen LogP contribution >= 0.6 is 23.4 Å². The second-order valence-electron chi connectivity index (χ2n) is 5.62. The fraction of sp³-hybridized carbons (Fsp3) is 0.688. The fourth-order valence-electron chi connectivity index (χ4n) is 2.86. The highest BCUT2D eigenvalue weighted by Gasteiger charge is 2.30. The van der Waals surface area contributed by atoms with Gasteiger partial charge >= 0.3 is 0 Å². The standard InChI is InChI=1S/C16H25ClN2S/c1-3-9-18-14-7-5-12(4-2)10-15(14)20-16-8-6-13(17)11-19-16/h6,8,11-12,14-15,18H,3-5,7,9-10H2,1-2H3. The summed E-state index contributed by atoms with van der Waals surface area (Å²) < 4.78 is 0. The number of nitrogens with one attached hydrogen (secondary N) is 1. The quantitative estimate of drug-likeness (QED) is 0.818. The molecule has 0 spiro atoms. The molecule has 3 unspecified atom stereocenters. The summed E-state index contributed by atoms with van der Waals surface area (Å²) in [6.07, 6.45) is 8.20. The van der Waals surface area contributed by atoms with Crippen molar-refractivity contribution in [1.29, 1.82) is 0 Å². The number of hydrogen-bond acceptors (Lipinski definition) is 3. The van der Waals surface area contributed by atoms with Gasteiger partial charge in [-0.3, -0.25) is 0 Å². The van der Waals surface area contributed by atoms with E-state index < -0.39 is 0 Å². The van der Waals surface area contributed by atoms with Gasteiger partial charge in [-0.1, -0.05) is 31.9 Å². The second-order valence-corrected chi connectivity index (χ2v) is 7.31. The normalized spacial score (nSPS) is 26.6. The smallest absolute Gasteiger partial charge is 0.0964 e. The zero-order valence-corrected chi connectivity index (χ0v) is 14.0. The Morgan fingerprint density at radius 3 is 2.85 bits per heavy atom. The van der Waals surface area contributed by atoms with Crippen molar-refractivity contribution in [3.63, 3.8) is 0 Å². The van der Waals surface area contributed by atoms with E-state index in [9.17, 15) is 0 Å². The summed E-state index contributed by atoms with van der Waals surface area (Å²) in [6, 6.07) is 4.60. The molecule has 1 aliphatic carbocycles. The third-order valence-electron chi connectivity index (χ3n) is 4.11. The van der Waals surface area contributed by atoms with Gasteiger partial charge in [-0.2, -0.15) is 0 Å². The lowest BCUT2D eigenvalue weighted by molar-refractivity contribution is 0.295. The number of nitrogens with zero attached hydrogens (tertiary/aromatic N) is 1. The maximum absolute atomic E-state index is 5.91. The first-order chi connectivity index (χ1) is 9.72. The highest BCUT2D eigenvalue weighted by atomic mass is 35.5. The number of halogens is 1. The Kier molecular flexibility index (Phi) is 6.66. The van der Waals surface area contributed by atoms with Gasteiger partial charge < -0.3 is 5.32 Å². The molecule has 1 heterocycles. The molecule has 2 nitrogen and oxygen atoms in total. The Bertz CT molecular complexity index is 396. The summed E-state index contributed by atoms with van der Waals surface area (Å²) >= 11 is 7.83. The van der Waals surface area contributed by atoms with Crippen molar-refractivity contribution in [2.75, 3.05) is 6.54 Å². The molecular weight excluding hydrogens is 288 g/mol. The van der Waals surface area contributed by atoms with E-state index in [1.165, 1.54) is 32.1 Å².